The molecule has 0 aliphatic rings. The number of aliphatic hydroxyl groups excluding tert-OH is 1. The highest BCUT2D eigenvalue weighted by Gasteiger charge is 2.29. The molecule has 3 nitrogen and oxygen atoms in total. The second-order valence-corrected chi connectivity index (χ2v) is 5.43. The average molecular weight is 288 g/mol. The van der Waals surface area contributed by atoms with E-state index in [1.165, 1.54) is 0 Å². The summed E-state index contributed by atoms with van der Waals surface area (Å²) in [5, 5.41) is 9.33. The van der Waals surface area contributed by atoms with E-state index in [1.54, 1.807) is 7.11 Å². The molecule has 0 heterocycles. The number of nitrogens with two attached hydrogens (primary N) is 1. The molecule has 3 N–H and O–H groups in total. The van der Waals surface area contributed by atoms with Gasteiger partial charge in [0.1, 0.15) is 5.75 Å². The zero-order valence-corrected chi connectivity index (χ0v) is 11.4. The summed E-state index contributed by atoms with van der Waals surface area (Å²) >= 11 is 3.41. The van der Waals surface area contributed by atoms with Gasteiger partial charge in [0.15, 0.2) is 0 Å². The van der Waals surface area contributed by atoms with E-state index in [2.05, 4.69) is 15.9 Å². The minimum Gasteiger partial charge on any atom is -0.496 e. The zero-order valence-electron chi connectivity index (χ0n) is 9.83. The molecule has 4 heteroatoms. The second-order valence-electron chi connectivity index (χ2n) is 4.51. The summed E-state index contributed by atoms with van der Waals surface area (Å²) in [4.78, 5) is 0. The fourth-order valence-electron chi connectivity index (χ4n) is 1.47. The molecule has 16 heavy (non-hydrogen) atoms. The number of hydrogen-bond donors (Lipinski definition) is 2. The molecule has 90 valence electrons. The van der Waals surface area contributed by atoms with Crippen LogP contribution in [0, 0.1) is 5.41 Å². The van der Waals surface area contributed by atoms with Crippen LogP contribution in [0.1, 0.15) is 25.5 Å². The van der Waals surface area contributed by atoms with Crippen LogP contribution in [0.2, 0.25) is 0 Å². The summed E-state index contributed by atoms with van der Waals surface area (Å²) < 4.78 is 6.23. The highest BCUT2D eigenvalue weighted by Crippen LogP contribution is 2.36. The van der Waals surface area contributed by atoms with Crippen molar-refractivity contribution in [2.75, 3.05) is 13.7 Å². The van der Waals surface area contributed by atoms with Crippen molar-refractivity contribution >= 4 is 15.9 Å². The van der Waals surface area contributed by atoms with Gasteiger partial charge in [0.05, 0.1) is 7.11 Å². The Morgan fingerprint density at radius 3 is 2.62 bits per heavy atom. The van der Waals surface area contributed by atoms with Crippen LogP contribution in [0.25, 0.3) is 0 Å². The van der Waals surface area contributed by atoms with Crippen LogP contribution in [-0.4, -0.2) is 18.8 Å². The molecule has 0 unspecified atom stereocenters. The quantitative estimate of drug-likeness (QED) is 0.895. The maximum atomic E-state index is 9.33. The Morgan fingerprint density at radius 1 is 1.50 bits per heavy atom. The van der Waals surface area contributed by atoms with E-state index in [0.29, 0.717) is 0 Å². The van der Waals surface area contributed by atoms with Gasteiger partial charge in [-0.05, 0) is 18.2 Å². The summed E-state index contributed by atoms with van der Waals surface area (Å²) in [6, 6.07) is 5.43. The van der Waals surface area contributed by atoms with Crippen LogP contribution in [0.15, 0.2) is 22.7 Å². The lowest BCUT2D eigenvalue weighted by Crippen LogP contribution is -2.32. The molecule has 0 aliphatic carbocycles. The average Bonchev–Trinajstić information content (AvgIpc) is 2.28. The highest BCUT2D eigenvalue weighted by atomic mass is 79.9. The van der Waals surface area contributed by atoms with E-state index < -0.39 is 0 Å². The third kappa shape index (κ3) is 2.75. The lowest BCUT2D eigenvalue weighted by molar-refractivity contribution is 0.131. The molecule has 1 atom stereocenters. The van der Waals surface area contributed by atoms with Crippen molar-refractivity contribution in [3.8, 4) is 5.75 Å². The van der Waals surface area contributed by atoms with E-state index in [0.717, 1.165) is 15.8 Å². The standard InChI is InChI=1S/C12H18BrNO2/c1-12(2,7-15)11(14)9-6-8(13)4-5-10(9)16-3/h4-6,11,15H,7,14H2,1-3H3/t11-/m1/s1. The minimum absolute atomic E-state index is 0.0316. The Hall–Kier alpha value is -0.580. The maximum Gasteiger partial charge on any atom is 0.123 e. The number of halogens is 1. The fourth-order valence-corrected chi connectivity index (χ4v) is 1.85. The lowest BCUT2D eigenvalue weighted by atomic mass is 9.81. The van der Waals surface area contributed by atoms with Gasteiger partial charge in [-0.1, -0.05) is 29.8 Å². The van der Waals surface area contributed by atoms with Crippen molar-refractivity contribution in [2.24, 2.45) is 11.1 Å². The summed E-state index contributed by atoms with van der Waals surface area (Å²) in [6.07, 6.45) is 0. The van der Waals surface area contributed by atoms with Crippen molar-refractivity contribution in [2.45, 2.75) is 19.9 Å². The Balaban J connectivity index is 3.16. The first-order chi connectivity index (χ1) is 7.42. The van der Waals surface area contributed by atoms with E-state index in [9.17, 15) is 5.11 Å². The van der Waals surface area contributed by atoms with Gasteiger partial charge in [-0.15, -0.1) is 0 Å². The molecule has 0 fully saturated rings. The molecule has 0 bridgehead atoms. The molecule has 0 radical (unpaired) electrons. The summed E-state index contributed by atoms with van der Waals surface area (Å²) in [5.41, 5.74) is 6.69. The second kappa shape index (κ2) is 5.17. The molecule has 1 aromatic carbocycles. The number of ether oxygens (including phenoxy) is 1. The molecule has 1 rings (SSSR count). The Bertz CT molecular complexity index is 366. The van der Waals surface area contributed by atoms with E-state index in [-0.39, 0.29) is 18.1 Å². The number of rotatable bonds is 4. The summed E-state index contributed by atoms with van der Waals surface area (Å²) in [7, 11) is 1.62. The molecule has 0 saturated heterocycles. The molecule has 1 aromatic rings. The molecule has 0 spiro atoms. The van der Waals surface area contributed by atoms with E-state index in [4.69, 9.17) is 10.5 Å². The predicted octanol–water partition coefficient (Wildman–Crippen LogP) is 2.48. The largest absolute Gasteiger partial charge is 0.496 e. The first-order valence-electron chi connectivity index (χ1n) is 5.12. The molecular formula is C12H18BrNO2. The van der Waals surface area contributed by atoms with Crippen LogP contribution in [0.5, 0.6) is 5.75 Å². The smallest absolute Gasteiger partial charge is 0.123 e. The number of aliphatic hydroxyl groups is 1. The van der Waals surface area contributed by atoms with Gasteiger partial charge in [0.25, 0.3) is 0 Å². The normalized spacial score (nSPS) is 13.6. The molecule has 0 saturated carbocycles. The van der Waals surface area contributed by atoms with Gasteiger partial charge in [-0.25, -0.2) is 0 Å². The topological polar surface area (TPSA) is 55.5 Å². The van der Waals surface area contributed by atoms with Crippen molar-refractivity contribution in [1.29, 1.82) is 0 Å². The third-order valence-electron chi connectivity index (χ3n) is 2.78. The summed E-state index contributed by atoms with van der Waals surface area (Å²) in [5.74, 6) is 0.747. The third-order valence-corrected chi connectivity index (χ3v) is 3.27. The number of benzene rings is 1. The monoisotopic (exact) mass is 287 g/mol. The van der Waals surface area contributed by atoms with Gasteiger partial charge >= 0.3 is 0 Å². The van der Waals surface area contributed by atoms with Gasteiger partial charge in [-0.3, -0.25) is 0 Å². The first kappa shape index (κ1) is 13.5. The van der Waals surface area contributed by atoms with Crippen molar-refractivity contribution < 1.29 is 9.84 Å². The van der Waals surface area contributed by atoms with Crippen LogP contribution in [0.3, 0.4) is 0 Å². The van der Waals surface area contributed by atoms with Crippen LogP contribution >= 0.6 is 15.9 Å². The maximum absolute atomic E-state index is 9.33. The SMILES string of the molecule is COc1ccc(Br)cc1[C@@H](N)C(C)(C)CO. The van der Waals surface area contributed by atoms with Gasteiger partial charge in [-0.2, -0.15) is 0 Å². The predicted molar refractivity (Wildman–Crippen MR) is 68.5 cm³/mol. The van der Waals surface area contributed by atoms with Crippen LogP contribution in [0.4, 0.5) is 0 Å². The molecule has 0 amide bonds. The minimum atomic E-state index is -0.381. The first-order valence-corrected chi connectivity index (χ1v) is 5.91. The van der Waals surface area contributed by atoms with Gasteiger partial charge in [0, 0.05) is 28.1 Å². The van der Waals surface area contributed by atoms with Gasteiger partial charge in [0.2, 0.25) is 0 Å². The van der Waals surface area contributed by atoms with Gasteiger partial charge < -0.3 is 15.6 Å². The van der Waals surface area contributed by atoms with Crippen molar-refractivity contribution in [3.05, 3.63) is 28.2 Å². The lowest BCUT2D eigenvalue weighted by Gasteiger charge is -2.30. The molecule has 0 aliphatic heterocycles. The zero-order chi connectivity index (χ0) is 12.3. The number of hydrogen-bond acceptors (Lipinski definition) is 3. The van der Waals surface area contributed by atoms with Crippen LogP contribution in [-0.2, 0) is 0 Å². The molecular weight excluding hydrogens is 270 g/mol. The van der Waals surface area contributed by atoms with Crippen LogP contribution < -0.4 is 10.5 Å². The highest BCUT2D eigenvalue weighted by molar-refractivity contribution is 9.10. The summed E-state index contributed by atoms with van der Waals surface area (Å²) in [6.45, 7) is 3.89. The molecule has 0 aromatic heterocycles. The number of methoxy groups -OCH3 is 1. The Labute approximate surface area is 105 Å². The van der Waals surface area contributed by atoms with E-state index >= 15 is 0 Å². The Morgan fingerprint density at radius 2 is 2.12 bits per heavy atom. The fraction of sp³-hybridized carbons (Fsp3) is 0.500. The Kier molecular flexibility index (Phi) is 4.35. The van der Waals surface area contributed by atoms with Crippen molar-refractivity contribution in [1.82, 2.24) is 0 Å². The van der Waals surface area contributed by atoms with E-state index in [1.807, 2.05) is 32.0 Å². The van der Waals surface area contributed by atoms with Crippen molar-refractivity contribution in [3.63, 3.8) is 0 Å².